The fourth-order valence-electron chi connectivity index (χ4n) is 3.73. The van der Waals surface area contributed by atoms with E-state index in [0.29, 0.717) is 41.2 Å². The molecular weight excluding hydrogens is 446 g/mol. The number of nitrogens with one attached hydrogen (secondary N) is 2. The van der Waals surface area contributed by atoms with Gasteiger partial charge in [-0.25, -0.2) is 19.7 Å². The number of carbonyl (C=O) groups excluding carboxylic acids is 1. The molecule has 3 heterocycles. The van der Waals surface area contributed by atoms with Gasteiger partial charge >= 0.3 is 5.97 Å². The van der Waals surface area contributed by atoms with Gasteiger partial charge in [-0.2, -0.15) is 4.98 Å². The van der Waals surface area contributed by atoms with Crippen molar-refractivity contribution < 1.29 is 19.2 Å². The number of aromatic carboxylic acids is 1. The third kappa shape index (κ3) is 4.12. The van der Waals surface area contributed by atoms with Gasteiger partial charge in [0.25, 0.3) is 0 Å². The number of nitrogens with zero attached hydrogens (tertiary/aromatic N) is 5. The first-order chi connectivity index (χ1) is 15.9. The molecule has 1 aromatic carbocycles. The maximum absolute atomic E-state index is 12.5. The Morgan fingerprint density at radius 2 is 2.00 bits per heavy atom. The molecule has 0 unspecified atom stereocenters. The van der Waals surface area contributed by atoms with Crippen molar-refractivity contribution in [3.8, 4) is 11.4 Å². The van der Waals surface area contributed by atoms with E-state index in [-0.39, 0.29) is 22.7 Å². The van der Waals surface area contributed by atoms with Crippen LogP contribution in [0.4, 0.5) is 10.9 Å². The summed E-state index contributed by atoms with van der Waals surface area (Å²) in [5.74, 6) is 0.249. The van der Waals surface area contributed by atoms with Gasteiger partial charge in [-0.3, -0.25) is 4.79 Å². The standard InChI is InChI=1S/C21H19N7O4S/c1-9-16(20(30)31)33-21(24-9)27-19(29)12-5-13(6-12)26-18-14-7-11(17-25-10(2)32-28-17)3-4-15(14)22-8-23-18/h3-4,7-8,12-13H,5-6H2,1-2H3,(H,30,31)(H,22,23,26)(H,24,27,29)/t12-,13+. The van der Waals surface area contributed by atoms with E-state index in [1.54, 1.807) is 13.8 Å². The summed E-state index contributed by atoms with van der Waals surface area (Å²) in [7, 11) is 0. The summed E-state index contributed by atoms with van der Waals surface area (Å²) < 4.78 is 5.07. The monoisotopic (exact) mass is 465 g/mol. The SMILES string of the molecule is Cc1nc(-c2ccc3ncnc(N[C@H]4C[C@@H](C(=O)Nc5nc(C)c(C(=O)O)s5)C4)c3c2)no1. The molecule has 0 atom stereocenters. The minimum absolute atomic E-state index is 0.0718. The predicted octanol–water partition coefficient (Wildman–Crippen LogP) is 3.28. The zero-order valence-corrected chi connectivity index (χ0v) is 18.5. The minimum atomic E-state index is -1.05. The first kappa shape index (κ1) is 20.9. The quantitative estimate of drug-likeness (QED) is 0.386. The number of hydrogen-bond acceptors (Lipinski definition) is 10. The summed E-state index contributed by atoms with van der Waals surface area (Å²) >= 11 is 0.962. The van der Waals surface area contributed by atoms with Gasteiger partial charge in [-0.1, -0.05) is 16.5 Å². The van der Waals surface area contributed by atoms with Crippen LogP contribution in [0.3, 0.4) is 0 Å². The fraction of sp³-hybridized carbons (Fsp3) is 0.286. The first-order valence-corrected chi connectivity index (χ1v) is 11.0. The van der Waals surface area contributed by atoms with Crippen molar-refractivity contribution in [2.75, 3.05) is 10.6 Å². The molecule has 0 bridgehead atoms. The van der Waals surface area contributed by atoms with Crippen LogP contribution < -0.4 is 10.6 Å². The van der Waals surface area contributed by atoms with Crippen LogP contribution in [0.1, 0.15) is 34.1 Å². The number of carboxylic acid groups (broad SMARTS) is 1. The first-order valence-electron chi connectivity index (χ1n) is 10.2. The Morgan fingerprint density at radius 1 is 1.18 bits per heavy atom. The molecule has 1 aliphatic rings. The summed E-state index contributed by atoms with van der Waals surface area (Å²) in [6, 6.07) is 5.74. The van der Waals surface area contributed by atoms with E-state index >= 15 is 0 Å². The summed E-state index contributed by atoms with van der Waals surface area (Å²) in [5.41, 5.74) is 1.96. The van der Waals surface area contributed by atoms with Crippen LogP contribution in [-0.2, 0) is 4.79 Å². The molecule has 12 heteroatoms. The van der Waals surface area contributed by atoms with E-state index in [1.807, 2.05) is 18.2 Å². The average molecular weight is 465 g/mol. The summed E-state index contributed by atoms with van der Waals surface area (Å²) in [6.45, 7) is 3.34. The van der Waals surface area contributed by atoms with Crippen molar-refractivity contribution in [2.45, 2.75) is 32.7 Å². The Kier molecular flexibility index (Phi) is 5.21. The number of carboxylic acids is 1. The zero-order valence-electron chi connectivity index (χ0n) is 17.7. The number of amides is 1. The molecule has 0 spiro atoms. The highest BCUT2D eigenvalue weighted by Crippen LogP contribution is 2.34. The second-order valence-corrected chi connectivity index (χ2v) is 8.83. The maximum Gasteiger partial charge on any atom is 0.347 e. The Bertz CT molecular complexity index is 1380. The van der Waals surface area contributed by atoms with E-state index in [1.165, 1.54) is 6.33 Å². The normalized spacial score (nSPS) is 17.5. The molecule has 1 fully saturated rings. The van der Waals surface area contributed by atoms with Gasteiger partial charge in [0.05, 0.1) is 11.2 Å². The van der Waals surface area contributed by atoms with Gasteiger partial charge in [0.15, 0.2) is 5.13 Å². The molecule has 3 N–H and O–H groups in total. The smallest absolute Gasteiger partial charge is 0.347 e. The molecule has 33 heavy (non-hydrogen) atoms. The molecule has 0 aliphatic heterocycles. The topological polar surface area (TPSA) is 156 Å². The molecule has 1 aliphatic carbocycles. The van der Waals surface area contributed by atoms with Crippen molar-refractivity contribution in [3.63, 3.8) is 0 Å². The number of aryl methyl sites for hydroxylation is 2. The molecule has 1 saturated carbocycles. The Hall–Kier alpha value is -3.93. The minimum Gasteiger partial charge on any atom is -0.477 e. The molecule has 1 amide bonds. The number of carbonyl (C=O) groups is 2. The van der Waals surface area contributed by atoms with E-state index in [0.717, 1.165) is 27.8 Å². The maximum atomic E-state index is 12.5. The lowest BCUT2D eigenvalue weighted by molar-refractivity contribution is -0.122. The molecule has 0 radical (unpaired) electrons. The van der Waals surface area contributed by atoms with Crippen molar-refractivity contribution in [1.82, 2.24) is 25.1 Å². The third-order valence-corrected chi connectivity index (χ3v) is 6.55. The van der Waals surface area contributed by atoms with Gasteiger partial charge in [0.2, 0.25) is 17.6 Å². The number of aromatic nitrogens is 5. The van der Waals surface area contributed by atoms with Crippen LogP contribution in [0.25, 0.3) is 22.3 Å². The molecule has 3 aromatic heterocycles. The fourth-order valence-corrected chi connectivity index (χ4v) is 4.53. The summed E-state index contributed by atoms with van der Waals surface area (Å²) in [6.07, 6.45) is 2.74. The summed E-state index contributed by atoms with van der Waals surface area (Å²) in [5, 5.41) is 20.4. The Labute approximate surface area is 191 Å². The molecule has 4 aromatic rings. The summed E-state index contributed by atoms with van der Waals surface area (Å²) in [4.78, 5) is 40.9. The highest BCUT2D eigenvalue weighted by atomic mass is 32.1. The van der Waals surface area contributed by atoms with Gasteiger partial charge in [-0.15, -0.1) is 0 Å². The van der Waals surface area contributed by atoms with E-state index in [4.69, 9.17) is 9.63 Å². The molecule has 168 valence electrons. The predicted molar refractivity (Wildman–Crippen MR) is 120 cm³/mol. The lowest BCUT2D eigenvalue weighted by Crippen LogP contribution is -2.42. The van der Waals surface area contributed by atoms with Gasteiger partial charge < -0.3 is 20.3 Å². The third-order valence-electron chi connectivity index (χ3n) is 5.49. The Morgan fingerprint density at radius 3 is 2.70 bits per heavy atom. The van der Waals surface area contributed by atoms with E-state index < -0.39 is 5.97 Å². The van der Waals surface area contributed by atoms with Gasteiger partial charge in [-0.05, 0) is 38.0 Å². The molecule has 5 rings (SSSR count). The number of anilines is 2. The number of benzene rings is 1. The van der Waals surface area contributed by atoms with Crippen LogP contribution in [0.2, 0.25) is 0 Å². The number of fused-ring (bicyclic) bond motifs is 1. The van der Waals surface area contributed by atoms with Crippen LogP contribution in [0.5, 0.6) is 0 Å². The van der Waals surface area contributed by atoms with Gasteiger partial charge in [0, 0.05) is 29.8 Å². The lowest BCUT2D eigenvalue weighted by Gasteiger charge is -2.35. The molecule has 11 nitrogen and oxygen atoms in total. The second-order valence-electron chi connectivity index (χ2n) is 7.83. The molecule has 0 saturated heterocycles. The van der Waals surface area contributed by atoms with Crippen LogP contribution >= 0.6 is 11.3 Å². The largest absolute Gasteiger partial charge is 0.477 e. The lowest BCUT2D eigenvalue weighted by atomic mass is 9.79. The highest BCUT2D eigenvalue weighted by molar-refractivity contribution is 7.17. The average Bonchev–Trinajstić information content (AvgIpc) is 3.35. The van der Waals surface area contributed by atoms with Crippen molar-refractivity contribution in [2.24, 2.45) is 5.92 Å². The van der Waals surface area contributed by atoms with Crippen molar-refractivity contribution in [3.05, 3.63) is 41.0 Å². The van der Waals surface area contributed by atoms with E-state index in [9.17, 15) is 9.59 Å². The zero-order chi connectivity index (χ0) is 23.1. The van der Waals surface area contributed by atoms with E-state index in [2.05, 4.69) is 35.7 Å². The van der Waals surface area contributed by atoms with Crippen LogP contribution in [0.15, 0.2) is 29.0 Å². The number of hydrogen-bond donors (Lipinski definition) is 3. The number of thiazole rings is 1. The second kappa shape index (κ2) is 8.20. The van der Waals surface area contributed by atoms with Crippen molar-refractivity contribution >= 4 is 45.1 Å². The van der Waals surface area contributed by atoms with Gasteiger partial charge in [0.1, 0.15) is 17.0 Å². The number of rotatable bonds is 6. The Balaban J connectivity index is 1.25. The molecular formula is C21H19N7O4S. The van der Waals surface area contributed by atoms with Crippen LogP contribution in [0, 0.1) is 19.8 Å². The van der Waals surface area contributed by atoms with Crippen molar-refractivity contribution in [1.29, 1.82) is 0 Å². The van der Waals surface area contributed by atoms with Crippen LogP contribution in [-0.4, -0.2) is 48.1 Å². The highest BCUT2D eigenvalue weighted by Gasteiger charge is 2.35.